The largest absolute Gasteiger partial charge is 0.484 e. The summed E-state index contributed by atoms with van der Waals surface area (Å²) >= 11 is 1.61. The lowest BCUT2D eigenvalue weighted by molar-refractivity contribution is 0.0441. The highest BCUT2D eigenvalue weighted by Gasteiger charge is 2.33. The van der Waals surface area contributed by atoms with Gasteiger partial charge in [0.1, 0.15) is 17.4 Å². The standard InChI is InChI=1S/C18H24N4O2S/c19-12-3-1-4-13(8-7-12)21-18(23)22-9-14(10-22)24-15-5-2-6-16-17(15)20-11-25-16/h2,5-6,11-14H,1,3-4,7-10,19H2,(H,21,23). The minimum absolute atomic E-state index is 0.0205. The number of amides is 2. The van der Waals surface area contributed by atoms with Crippen molar-refractivity contribution >= 4 is 27.6 Å². The fourth-order valence-corrected chi connectivity index (χ4v) is 4.25. The molecule has 1 aliphatic heterocycles. The zero-order valence-corrected chi connectivity index (χ0v) is 15.0. The van der Waals surface area contributed by atoms with Gasteiger partial charge in [0.15, 0.2) is 0 Å². The van der Waals surface area contributed by atoms with Crippen molar-refractivity contribution in [2.24, 2.45) is 5.73 Å². The monoisotopic (exact) mass is 360 g/mol. The Bertz CT molecular complexity index is 744. The molecular formula is C18H24N4O2S. The number of likely N-dealkylation sites (tertiary alicyclic amines) is 1. The predicted octanol–water partition coefficient (Wildman–Crippen LogP) is 2.73. The summed E-state index contributed by atoms with van der Waals surface area (Å²) in [5.74, 6) is 0.807. The van der Waals surface area contributed by atoms with Crippen LogP contribution in [0.15, 0.2) is 23.7 Å². The van der Waals surface area contributed by atoms with Gasteiger partial charge in [-0.15, -0.1) is 11.3 Å². The van der Waals surface area contributed by atoms with Crippen LogP contribution in [0.5, 0.6) is 5.75 Å². The number of nitrogens with zero attached hydrogens (tertiary/aromatic N) is 2. The van der Waals surface area contributed by atoms with Gasteiger partial charge in [-0.25, -0.2) is 9.78 Å². The Balaban J connectivity index is 1.27. The van der Waals surface area contributed by atoms with Crippen molar-refractivity contribution < 1.29 is 9.53 Å². The molecule has 2 aromatic rings. The van der Waals surface area contributed by atoms with Crippen LogP contribution < -0.4 is 15.8 Å². The van der Waals surface area contributed by atoms with Crippen LogP contribution in [0.2, 0.25) is 0 Å². The van der Waals surface area contributed by atoms with Gasteiger partial charge in [-0.3, -0.25) is 0 Å². The van der Waals surface area contributed by atoms with Crippen LogP contribution in [-0.2, 0) is 0 Å². The number of ether oxygens (including phenoxy) is 1. The smallest absolute Gasteiger partial charge is 0.317 e. The summed E-state index contributed by atoms with van der Waals surface area (Å²) in [6, 6.07) is 6.53. The highest BCUT2D eigenvalue weighted by molar-refractivity contribution is 7.16. The first-order valence-electron chi connectivity index (χ1n) is 8.99. The van der Waals surface area contributed by atoms with Crippen LogP contribution in [0.3, 0.4) is 0 Å². The SMILES string of the molecule is NC1CCCC(NC(=O)N2CC(Oc3cccc4scnc34)C2)CC1. The third kappa shape index (κ3) is 3.72. The third-order valence-corrected chi connectivity index (χ3v) is 5.89. The Morgan fingerprint density at radius 3 is 3.04 bits per heavy atom. The highest BCUT2D eigenvalue weighted by atomic mass is 32.1. The maximum absolute atomic E-state index is 12.4. The first-order chi connectivity index (χ1) is 12.2. The summed E-state index contributed by atoms with van der Waals surface area (Å²) in [6.45, 7) is 1.25. The zero-order chi connectivity index (χ0) is 17.2. The second-order valence-corrected chi connectivity index (χ2v) is 7.90. The first kappa shape index (κ1) is 16.6. The number of carbonyl (C=O) groups is 1. The summed E-state index contributed by atoms with van der Waals surface area (Å²) in [7, 11) is 0. The van der Waals surface area contributed by atoms with Crippen LogP contribution in [0.1, 0.15) is 32.1 Å². The number of hydrogen-bond acceptors (Lipinski definition) is 5. The molecule has 4 rings (SSSR count). The molecule has 2 fully saturated rings. The van der Waals surface area contributed by atoms with Crippen molar-refractivity contribution in [3.8, 4) is 5.75 Å². The molecule has 2 atom stereocenters. The molecule has 1 saturated carbocycles. The second kappa shape index (κ2) is 7.17. The highest BCUT2D eigenvalue weighted by Crippen LogP contribution is 2.29. The first-order valence-corrected chi connectivity index (χ1v) is 9.87. The van der Waals surface area contributed by atoms with Crippen LogP contribution >= 0.6 is 11.3 Å². The number of benzene rings is 1. The van der Waals surface area contributed by atoms with Crippen LogP contribution in [0.25, 0.3) is 10.2 Å². The van der Waals surface area contributed by atoms with Gasteiger partial charge in [0.2, 0.25) is 0 Å². The van der Waals surface area contributed by atoms with Gasteiger partial charge in [0.05, 0.1) is 23.3 Å². The van der Waals surface area contributed by atoms with E-state index in [1.807, 2.05) is 28.6 Å². The van der Waals surface area contributed by atoms with E-state index < -0.39 is 0 Å². The molecule has 0 spiro atoms. The molecule has 1 aliphatic carbocycles. The molecule has 3 N–H and O–H groups in total. The number of rotatable bonds is 3. The van der Waals surface area contributed by atoms with Crippen LogP contribution in [-0.4, -0.2) is 47.2 Å². The molecule has 2 unspecified atom stereocenters. The van der Waals surface area contributed by atoms with E-state index >= 15 is 0 Å². The molecule has 2 aliphatic rings. The van der Waals surface area contributed by atoms with E-state index in [0.717, 1.165) is 48.1 Å². The molecule has 1 aromatic carbocycles. The molecule has 0 bridgehead atoms. The van der Waals surface area contributed by atoms with Crippen molar-refractivity contribution in [3.05, 3.63) is 23.7 Å². The quantitative estimate of drug-likeness (QED) is 0.825. The molecule has 2 amide bonds. The van der Waals surface area contributed by atoms with Gasteiger partial charge in [0, 0.05) is 12.1 Å². The third-order valence-electron chi connectivity index (χ3n) is 5.09. The van der Waals surface area contributed by atoms with Crippen LogP contribution in [0, 0.1) is 0 Å². The average molecular weight is 360 g/mol. The lowest BCUT2D eigenvalue weighted by Gasteiger charge is -2.39. The molecule has 7 heteroatoms. The Morgan fingerprint density at radius 1 is 1.28 bits per heavy atom. The molecular weight excluding hydrogens is 336 g/mol. The number of nitrogens with one attached hydrogen (secondary N) is 1. The lowest BCUT2D eigenvalue weighted by atomic mass is 10.1. The molecule has 0 radical (unpaired) electrons. The van der Waals surface area contributed by atoms with Crippen molar-refractivity contribution in [3.63, 3.8) is 0 Å². The number of aromatic nitrogens is 1. The number of fused-ring (bicyclic) bond motifs is 1. The van der Waals surface area contributed by atoms with E-state index in [1.54, 1.807) is 11.3 Å². The average Bonchev–Trinajstić information content (AvgIpc) is 2.95. The van der Waals surface area contributed by atoms with E-state index in [2.05, 4.69) is 10.3 Å². The Morgan fingerprint density at radius 2 is 2.16 bits per heavy atom. The van der Waals surface area contributed by atoms with E-state index in [4.69, 9.17) is 10.5 Å². The van der Waals surface area contributed by atoms with E-state index in [-0.39, 0.29) is 24.2 Å². The Hall–Kier alpha value is -1.86. The normalized spacial score (nSPS) is 24.6. The van der Waals surface area contributed by atoms with Gasteiger partial charge in [-0.2, -0.15) is 0 Å². The molecule has 134 valence electrons. The van der Waals surface area contributed by atoms with Gasteiger partial charge in [0.25, 0.3) is 0 Å². The number of nitrogens with two attached hydrogens (primary N) is 1. The maximum Gasteiger partial charge on any atom is 0.317 e. The minimum atomic E-state index is 0.0205. The number of hydrogen-bond donors (Lipinski definition) is 2. The van der Waals surface area contributed by atoms with E-state index in [9.17, 15) is 4.79 Å². The molecule has 25 heavy (non-hydrogen) atoms. The van der Waals surface area contributed by atoms with Crippen LogP contribution in [0.4, 0.5) is 4.79 Å². The van der Waals surface area contributed by atoms with Gasteiger partial charge in [-0.1, -0.05) is 6.07 Å². The molecule has 1 aromatic heterocycles. The number of urea groups is 1. The van der Waals surface area contributed by atoms with Gasteiger partial charge >= 0.3 is 6.03 Å². The topological polar surface area (TPSA) is 80.5 Å². The molecule has 6 nitrogen and oxygen atoms in total. The van der Waals surface area contributed by atoms with E-state index in [1.165, 1.54) is 0 Å². The Kier molecular flexibility index (Phi) is 4.76. The van der Waals surface area contributed by atoms with E-state index in [0.29, 0.717) is 13.1 Å². The zero-order valence-electron chi connectivity index (χ0n) is 14.2. The predicted molar refractivity (Wildman–Crippen MR) is 99.0 cm³/mol. The number of thiazole rings is 1. The van der Waals surface area contributed by atoms with Gasteiger partial charge in [-0.05, 0) is 44.2 Å². The van der Waals surface area contributed by atoms with Crippen molar-refractivity contribution in [2.45, 2.75) is 50.3 Å². The fourth-order valence-electron chi connectivity index (χ4n) is 3.55. The number of carbonyl (C=O) groups excluding carboxylic acids is 1. The minimum Gasteiger partial charge on any atom is -0.484 e. The lowest BCUT2D eigenvalue weighted by Crippen LogP contribution is -2.60. The molecule has 1 saturated heterocycles. The summed E-state index contributed by atoms with van der Waals surface area (Å²) in [4.78, 5) is 18.6. The summed E-state index contributed by atoms with van der Waals surface area (Å²) in [5.41, 5.74) is 8.74. The summed E-state index contributed by atoms with van der Waals surface area (Å²) < 4.78 is 7.16. The molecule has 2 heterocycles. The van der Waals surface area contributed by atoms with Crippen molar-refractivity contribution in [2.75, 3.05) is 13.1 Å². The summed E-state index contributed by atoms with van der Waals surface area (Å²) in [6.07, 6.45) is 5.20. The number of para-hydroxylation sites is 1. The fraction of sp³-hybridized carbons (Fsp3) is 0.556. The Labute approximate surface area is 151 Å². The second-order valence-electron chi connectivity index (χ2n) is 7.01. The van der Waals surface area contributed by atoms with Gasteiger partial charge < -0.3 is 20.7 Å². The van der Waals surface area contributed by atoms with Crippen molar-refractivity contribution in [1.82, 2.24) is 15.2 Å². The van der Waals surface area contributed by atoms with Crippen molar-refractivity contribution in [1.29, 1.82) is 0 Å². The maximum atomic E-state index is 12.4. The summed E-state index contributed by atoms with van der Waals surface area (Å²) in [5, 5.41) is 3.16.